The molecule has 2 bridgehead atoms. The third kappa shape index (κ3) is 2.37. The van der Waals surface area contributed by atoms with Gasteiger partial charge in [-0.3, -0.25) is 4.79 Å². The van der Waals surface area contributed by atoms with Crippen molar-refractivity contribution in [3.05, 3.63) is 0 Å². The Morgan fingerprint density at radius 1 is 1.10 bits per heavy atom. The molecule has 0 spiro atoms. The summed E-state index contributed by atoms with van der Waals surface area (Å²) in [5.74, 6) is -0.841. The highest BCUT2D eigenvalue weighted by Crippen LogP contribution is 2.37. The molecule has 3 atom stereocenters. The number of hydrogen-bond donors (Lipinski definition) is 2. The quantitative estimate of drug-likeness (QED) is 0.792. The molecule has 6 heteroatoms. The molecule has 0 radical (unpaired) electrons. The fourth-order valence-corrected chi connectivity index (χ4v) is 4.11. The van der Waals surface area contributed by atoms with E-state index in [1.165, 1.54) is 0 Å². The molecule has 0 aromatic heterocycles. The molecule has 20 heavy (non-hydrogen) atoms. The molecule has 3 unspecified atom stereocenters. The molecule has 112 valence electrons. The fraction of sp³-hybridized carbons (Fsp3) is 0.857. The molecule has 0 aromatic carbocycles. The molecule has 2 amide bonds. The first kappa shape index (κ1) is 13.7. The molecule has 3 heterocycles. The Morgan fingerprint density at radius 2 is 1.75 bits per heavy atom. The molecule has 0 saturated carbocycles. The summed E-state index contributed by atoms with van der Waals surface area (Å²) in [4.78, 5) is 27.3. The van der Waals surface area contributed by atoms with E-state index in [-0.39, 0.29) is 36.7 Å². The number of likely N-dealkylation sites (tertiary alicyclic amines) is 1. The number of nitrogens with zero attached hydrogens (tertiary/aromatic N) is 2. The van der Waals surface area contributed by atoms with Crippen LogP contribution in [0.5, 0.6) is 0 Å². The van der Waals surface area contributed by atoms with E-state index >= 15 is 0 Å². The van der Waals surface area contributed by atoms with Crippen molar-refractivity contribution < 1.29 is 19.8 Å². The zero-order chi connectivity index (χ0) is 14.3. The van der Waals surface area contributed by atoms with Crippen LogP contribution in [-0.2, 0) is 4.79 Å². The molecule has 3 fully saturated rings. The second kappa shape index (κ2) is 5.24. The number of amides is 2. The average molecular weight is 282 g/mol. The number of urea groups is 1. The van der Waals surface area contributed by atoms with Crippen LogP contribution in [0.2, 0.25) is 0 Å². The number of carboxylic acids is 1. The van der Waals surface area contributed by atoms with Gasteiger partial charge in [-0.05, 0) is 38.5 Å². The lowest BCUT2D eigenvalue weighted by molar-refractivity contribution is -0.138. The molecule has 3 aliphatic heterocycles. The van der Waals surface area contributed by atoms with Crippen molar-refractivity contribution in [1.29, 1.82) is 0 Å². The van der Waals surface area contributed by atoms with Gasteiger partial charge in [0.2, 0.25) is 0 Å². The highest BCUT2D eigenvalue weighted by molar-refractivity contribution is 5.77. The second-order valence-corrected chi connectivity index (χ2v) is 6.29. The second-order valence-electron chi connectivity index (χ2n) is 6.29. The van der Waals surface area contributed by atoms with Gasteiger partial charge in [0, 0.05) is 24.7 Å². The zero-order valence-corrected chi connectivity index (χ0v) is 11.6. The van der Waals surface area contributed by atoms with Crippen molar-refractivity contribution in [3.63, 3.8) is 0 Å². The lowest BCUT2D eigenvalue weighted by atomic mass is 10.0. The van der Waals surface area contributed by atoms with Gasteiger partial charge in [0.05, 0.1) is 12.5 Å². The van der Waals surface area contributed by atoms with Crippen molar-refractivity contribution in [2.24, 2.45) is 0 Å². The number of rotatable bonds is 2. The van der Waals surface area contributed by atoms with E-state index in [4.69, 9.17) is 5.11 Å². The minimum Gasteiger partial charge on any atom is -0.481 e. The first-order valence-electron chi connectivity index (χ1n) is 7.55. The molecule has 2 N–H and O–H groups in total. The van der Waals surface area contributed by atoms with Crippen LogP contribution < -0.4 is 0 Å². The predicted octanol–water partition coefficient (Wildman–Crippen LogP) is 1.03. The smallest absolute Gasteiger partial charge is 0.320 e. The lowest BCUT2D eigenvalue weighted by Gasteiger charge is -2.40. The van der Waals surface area contributed by atoms with Gasteiger partial charge in [-0.15, -0.1) is 0 Å². The van der Waals surface area contributed by atoms with Gasteiger partial charge in [-0.1, -0.05) is 0 Å². The number of piperidine rings is 1. The maximum atomic E-state index is 12.7. The van der Waals surface area contributed by atoms with Crippen molar-refractivity contribution in [2.45, 2.75) is 69.2 Å². The number of carboxylic acid groups (broad SMARTS) is 1. The Labute approximate surface area is 118 Å². The Hall–Kier alpha value is -1.30. The summed E-state index contributed by atoms with van der Waals surface area (Å²) < 4.78 is 0. The molecule has 3 aliphatic rings. The number of aliphatic carboxylic acids is 1. The molecule has 0 aliphatic carbocycles. The normalized spacial score (nSPS) is 36.5. The van der Waals surface area contributed by atoms with Crippen LogP contribution in [0.15, 0.2) is 0 Å². The first-order valence-corrected chi connectivity index (χ1v) is 7.55. The Kier molecular flexibility index (Phi) is 3.58. The molecule has 3 saturated heterocycles. The zero-order valence-electron chi connectivity index (χ0n) is 11.6. The van der Waals surface area contributed by atoms with Crippen molar-refractivity contribution >= 4 is 12.0 Å². The minimum absolute atomic E-state index is 0.00634. The summed E-state index contributed by atoms with van der Waals surface area (Å²) in [6.45, 7) is 0.662. The van der Waals surface area contributed by atoms with E-state index in [0.29, 0.717) is 19.4 Å². The Balaban J connectivity index is 1.71. The molecule has 6 nitrogen and oxygen atoms in total. The molecule has 0 aromatic rings. The number of fused-ring (bicyclic) bond motifs is 2. The van der Waals surface area contributed by atoms with E-state index in [2.05, 4.69) is 0 Å². The van der Waals surface area contributed by atoms with Gasteiger partial charge in [0.1, 0.15) is 0 Å². The van der Waals surface area contributed by atoms with E-state index < -0.39 is 5.97 Å². The number of aliphatic hydroxyl groups is 1. The van der Waals surface area contributed by atoms with Crippen molar-refractivity contribution in [2.75, 3.05) is 6.54 Å². The van der Waals surface area contributed by atoms with Crippen molar-refractivity contribution in [1.82, 2.24) is 9.80 Å². The van der Waals surface area contributed by atoms with Crippen LogP contribution in [0, 0.1) is 0 Å². The topological polar surface area (TPSA) is 81.1 Å². The lowest BCUT2D eigenvalue weighted by Crippen LogP contribution is -2.54. The number of aliphatic hydroxyl groups excluding tert-OH is 1. The Bertz CT molecular complexity index is 400. The molecule has 3 rings (SSSR count). The summed E-state index contributed by atoms with van der Waals surface area (Å²) in [6, 6.07) is 0.115. The Morgan fingerprint density at radius 3 is 2.35 bits per heavy atom. The summed E-state index contributed by atoms with van der Waals surface area (Å²) in [6.07, 6.45) is 4.68. The average Bonchev–Trinajstić information content (AvgIpc) is 2.91. The van der Waals surface area contributed by atoms with Gasteiger partial charge >= 0.3 is 12.0 Å². The van der Waals surface area contributed by atoms with Crippen LogP contribution in [0.1, 0.15) is 44.9 Å². The van der Waals surface area contributed by atoms with Crippen LogP contribution in [0.3, 0.4) is 0 Å². The van der Waals surface area contributed by atoms with Crippen LogP contribution >= 0.6 is 0 Å². The summed E-state index contributed by atoms with van der Waals surface area (Å²) in [7, 11) is 0. The van der Waals surface area contributed by atoms with Gasteiger partial charge in [-0.2, -0.15) is 0 Å². The van der Waals surface area contributed by atoms with Crippen LogP contribution in [0.4, 0.5) is 4.79 Å². The highest BCUT2D eigenvalue weighted by Gasteiger charge is 2.45. The standard InChI is InChI=1S/C14H22N2O4/c17-12-6-10-3-4-11(7-12)16(10)14(20)15-5-1-2-9(15)8-13(18)19/h9-12,17H,1-8H2,(H,18,19). The summed E-state index contributed by atoms with van der Waals surface area (Å²) in [5, 5.41) is 18.7. The van der Waals surface area contributed by atoms with E-state index in [0.717, 1.165) is 25.7 Å². The number of carbonyl (C=O) groups is 2. The minimum atomic E-state index is -0.841. The van der Waals surface area contributed by atoms with Crippen molar-refractivity contribution in [3.8, 4) is 0 Å². The van der Waals surface area contributed by atoms with Crippen LogP contribution in [0.25, 0.3) is 0 Å². The predicted molar refractivity (Wildman–Crippen MR) is 71.3 cm³/mol. The number of hydrogen-bond acceptors (Lipinski definition) is 3. The third-order valence-corrected chi connectivity index (χ3v) is 4.96. The molecular weight excluding hydrogens is 260 g/mol. The van der Waals surface area contributed by atoms with Crippen LogP contribution in [-0.4, -0.2) is 62.8 Å². The fourth-order valence-electron chi connectivity index (χ4n) is 4.11. The van der Waals surface area contributed by atoms with Gasteiger partial charge in [0.25, 0.3) is 0 Å². The summed E-state index contributed by atoms with van der Waals surface area (Å²) in [5.41, 5.74) is 0. The van der Waals surface area contributed by atoms with Gasteiger partial charge < -0.3 is 20.0 Å². The molecular formula is C14H22N2O4. The highest BCUT2D eigenvalue weighted by atomic mass is 16.4. The third-order valence-electron chi connectivity index (χ3n) is 4.96. The monoisotopic (exact) mass is 282 g/mol. The van der Waals surface area contributed by atoms with Gasteiger partial charge in [0.15, 0.2) is 0 Å². The largest absolute Gasteiger partial charge is 0.481 e. The summed E-state index contributed by atoms with van der Waals surface area (Å²) >= 11 is 0. The van der Waals surface area contributed by atoms with E-state index in [1.807, 2.05) is 4.90 Å². The maximum Gasteiger partial charge on any atom is 0.320 e. The van der Waals surface area contributed by atoms with Gasteiger partial charge in [-0.25, -0.2) is 4.79 Å². The van der Waals surface area contributed by atoms with E-state index in [9.17, 15) is 14.7 Å². The maximum absolute atomic E-state index is 12.7. The first-order chi connectivity index (χ1) is 9.56. The van der Waals surface area contributed by atoms with E-state index in [1.54, 1.807) is 4.90 Å². The SMILES string of the molecule is O=C(O)CC1CCCN1C(=O)N1C2CCC1CC(O)C2. The number of carbonyl (C=O) groups excluding carboxylic acids is 1.